The average molecular weight is 519 g/mol. The molecule has 3 rings (SSSR count). The number of fused-ring (bicyclic) bond motifs is 1. The summed E-state index contributed by atoms with van der Waals surface area (Å²) in [6, 6.07) is 3.23. The number of hydrogen-bond acceptors (Lipinski definition) is 7. The van der Waals surface area contributed by atoms with Crippen molar-refractivity contribution in [3.05, 3.63) is 23.9 Å². The Morgan fingerprint density at radius 2 is 1.68 bits per heavy atom. The molecular weight excluding hydrogens is 476 g/mol. The van der Waals surface area contributed by atoms with E-state index in [9.17, 15) is 9.59 Å². The van der Waals surface area contributed by atoms with E-state index in [1.807, 2.05) is 32.2 Å². The number of H-pyrrole nitrogens is 1. The van der Waals surface area contributed by atoms with Crippen LogP contribution in [0, 0.1) is 0 Å². The summed E-state index contributed by atoms with van der Waals surface area (Å²) in [6.45, 7) is 3.79. The molecule has 1 aliphatic carbocycles. The summed E-state index contributed by atoms with van der Waals surface area (Å²) in [4.78, 5) is 29.9. The lowest BCUT2D eigenvalue weighted by Crippen LogP contribution is -2.61. The molecule has 2 aromatic rings. The lowest BCUT2D eigenvalue weighted by atomic mass is 9.93. The van der Waals surface area contributed by atoms with Crippen LogP contribution in [-0.2, 0) is 25.5 Å². The first-order valence-corrected chi connectivity index (χ1v) is 12.9. The number of hydrogen-bond donors (Lipinski definition) is 4. The number of aromatic nitrogens is 1. The summed E-state index contributed by atoms with van der Waals surface area (Å²) in [5.41, 5.74) is 0.788. The maximum absolute atomic E-state index is 13.4. The summed E-state index contributed by atoms with van der Waals surface area (Å²) < 4.78 is 21.3. The van der Waals surface area contributed by atoms with Crippen molar-refractivity contribution in [1.29, 1.82) is 0 Å². The topological polar surface area (TPSA) is 123 Å². The van der Waals surface area contributed by atoms with Crippen molar-refractivity contribution in [2.75, 3.05) is 35.0 Å². The van der Waals surface area contributed by atoms with E-state index in [1.165, 1.54) is 20.6 Å². The molecule has 0 spiro atoms. The SMILES string of the molecule is COc1cc2[nH]cc(C[C@H](NC(C)(C)C(=O)NC3CCCCC3)C(=O)NCC(OC)OC)c2cc1OC. The molecule has 1 aliphatic rings. The molecule has 1 aromatic heterocycles. The highest BCUT2D eigenvalue weighted by molar-refractivity contribution is 5.90. The smallest absolute Gasteiger partial charge is 0.239 e. The average Bonchev–Trinajstić information content (AvgIpc) is 3.29. The fourth-order valence-electron chi connectivity index (χ4n) is 4.79. The molecule has 1 heterocycles. The third-order valence-electron chi connectivity index (χ3n) is 7.02. The van der Waals surface area contributed by atoms with Crippen molar-refractivity contribution >= 4 is 22.7 Å². The molecule has 4 N–H and O–H groups in total. The van der Waals surface area contributed by atoms with Crippen molar-refractivity contribution < 1.29 is 28.5 Å². The number of amides is 2. The zero-order valence-corrected chi connectivity index (χ0v) is 22.9. The van der Waals surface area contributed by atoms with Gasteiger partial charge in [0.15, 0.2) is 17.8 Å². The van der Waals surface area contributed by atoms with Gasteiger partial charge < -0.3 is 34.6 Å². The van der Waals surface area contributed by atoms with Crippen LogP contribution in [0.2, 0.25) is 0 Å². The molecule has 1 saturated carbocycles. The Balaban J connectivity index is 1.83. The largest absolute Gasteiger partial charge is 0.493 e. The van der Waals surface area contributed by atoms with Crippen molar-refractivity contribution in [3.63, 3.8) is 0 Å². The Kier molecular flexibility index (Phi) is 10.2. The van der Waals surface area contributed by atoms with Crippen LogP contribution in [0.5, 0.6) is 11.5 Å². The second-order valence-corrected chi connectivity index (χ2v) is 10.0. The van der Waals surface area contributed by atoms with E-state index in [1.54, 1.807) is 14.2 Å². The van der Waals surface area contributed by atoms with Gasteiger partial charge in [0.25, 0.3) is 0 Å². The number of benzene rings is 1. The molecular formula is C27H42N4O6. The second kappa shape index (κ2) is 13.1. The minimum Gasteiger partial charge on any atom is -0.493 e. The molecule has 206 valence electrons. The quantitative estimate of drug-likeness (QED) is 0.301. The number of aromatic amines is 1. The van der Waals surface area contributed by atoms with E-state index in [2.05, 4.69) is 20.9 Å². The molecule has 0 radical (unpaired) electrons. The summed E-state index contributed by atoms with van der Waals surface area (Å²) in [5.74, 6) is 0.836. The van der Waals surface area contributed by atoms with E-state index in [0.29, 0.717) is 17.9 Å². The van der Waals surface area contributed by atoms with Gasteiger partial charge in [0.2, 0.25) is 11.8 Å². The Labute approximate surface area is 219 Å². The van der Waals surface area contributed by atoms with Gasteiger partial charge in [-0.3, -0.25) is 14.9 Å². The first-order valence-electron chi connectivity index (χ1n) is 12.9. The van der Waals surface area contributed by atoms with Crippen LogP contribution in [-0.4, -0.2) is 75.7 Å². The predicted octanol–water partition coefficient (Wildman–Crippen LogP) is 2.65. The van der Waals surface area contributed by atoms with Gasteiger partial charge in [0.05, 0.1) is 32.3 Å². The molecule has 10 nitrogen and oxygen atoms in total. The number of rotatable bonds is 13. The molecule has 0 saturated heterocycles. The van der Waals surface area contributed by atoms with Gasteiger partial charge in [0.1, 0.15) is 0 Å². The number of carbonyl (C=O) groups excluding carboxylic acids is 2. The van der Waals surface area contributed by atoms with Gasteiger partial charge >= 0.3 is 0 Å². The monoisotopic (exact) mass is 518 g/mol. The predicted molar refractivity (Wildman–Crippen MR) is 142 cm³/mol. The Morgan fingerprint density at radius 3 is 2.30 bits per heavy atom. The van der Waals surface area contributed by atoms with Crippen LogP contribution in [0.1, 0.15) is 51.5 Å². The van der Waals surface area contributed by atoms with E-state index in [0.717, 1.165) is 42.1 Å². The van der Waals surface area contributed by atoms with Crippen LogP contribution >= 0.6 is 0 Å². The van der Waals surface area contributed by atoms with Gasteiger partial charge in [-0.1, -0.05) is 19.3 Å². The first kappa shape index (κ1) is 28.7. The van der Waals surface area contributed by atoms with Crippen molar-refractivity contribution in [2.45, 2.75) is 76.3 Å². The molecule has 1 atom stereocenters. The van der Waals surface area contributed by atoms with Gasteiger partial charge in [-0.25, -0.2) is 0 Å². The number of carbonyl (C=O) groups is 2. The minimum atomic E-state index is -0.978. The zero-order chi connectivity index (χ0) is 27.0. The Hall–Kier alpha value is -2.82. The maximum Gasteiger partial charge on any atom is 0.239 e. The number of nitrogens with one attached hydrogen (secondary N) is 4. The fourth-order valence-corrected chi connectivity index (χ4v) is 4.79. The number of ether oxygens (including phenoxy) is 4. The van der Waals surface area contributed by atoms with E-state index in [4.69, 9.17) is 18.9 Å². The van der Waals surface area contributed by atoms with Gasteiger partial charge in [-0.15, -0.1) is 0 Å². The highest BCUT2D eigenvalue weighted by atomic mass is 16.7. The zero-order valence-electron chi connectivity index (χ0n) is 22.9. The standard InChI is InChI=1S/C27H42N4O6/c1-27(2,26(33)30-18-10-8-7-9-11-18)31-21(25(32)29-16-24(36-5)37-6)12-17-15-28-20-14-23(35-4)22(34-3)13-19(17)20/h13-15,18,21,24,28,31H,7-12,16H2,1-6H3,(H,29,32)(H,30,33)/t21-/m0/s1. The van der Waals surface area contributed by atoms with Crippen LogP contribution in [0.3, 0.4) is 0 Å². The van der Waals surface area contributed by atoms with Gasteiger partial charge in [-0.05, 0) is 44.7 Å². The molecule has 10 heteroatoms. The van der Waals surface area contributed by atoms with Crippen molar-refractivity contribution in [1.82, 2.24) is 20.9 Å². The van der Waals surface area contributed by atoms with Crippen LogP contribution < -0.4 is 25.4 Å². The van der Waals surface area contributed by atoms with E-state index < -0.39 is 17.9 Å². The van der Waals surface area contributed by atoms with Crippen molar-refractivity contribution in [3.8, 4) is 11.5 Å². The third-order valence-corrected chi connectivity index (χ3v) is 7.02. The Morgan fingerprint density at radius 1 is 1.03 bits per heavy atom. The van der Waals surface area contributed by atoms with E-state index >= 15 is 0 Å². The van der Waals surface area contributed by atoms with Crippen LogP contribution in [0.4, 0.5) is 0 Å². The highest BCUT2D eigenvalue weighted by Crippen LogP contribution is 2.33. The summed E-state index contributed by atoms with van der Waals surface area (Å²) >= 11 is 0. The van der Waals surface area contributed by atoms with Gasteiger partial charge in [0, 0.05) is 43.4 Å². The third kappa shape index (κ3) is 7.37. The second-order valence-electron chi connectivity index (χ2n) is 10.0. The maximum atomic E-state index is 13.4. The van der Waals surface area contributed by atoms with Crippen LogP contribution in [0.15, 0.2) is 18.3 Å². The Bertz CT molecular complexity index is 1040. The van der Waals surface area contributed by atoms with E-state index in [-0.39, 0.29) is 24.4 Å². The fraction of sp³-hybridized carbons (Fsp3) is 0.630. The molecule has 1 aromatic carbocycles. The number of methoxy groups -OCH3 is 4. The minimum absolute atomic E-state index is 0.116. The van der Waals surface area contributed by atoms with Crippen LogP contribution in [0.25, 0.3) is 10.9 Å². The molecule has 0 unspecified atom stereocenters. The lowest BCUT2D eigenvalue weighted by Gasteiger charge is -2.33. The lowest BCUT2D eigenvalue weighted by molar-refractivity contribution is -0.132. The molecule has 37 heavy (non-hydrogen) atoms. The molecule has 0 bridgehead atoms. The molecule has 1 fully saturated rings. The molecule has 2 amide bonds. The molecule has 0 aliphatic heterocycles. The van der Waals surface area contributed by atoms with Gasteiger partial charge in [-0.2, -0.15) is 0 Å². The normalized spacial score (nSPS) is 15.5. The summed E-state index contributed by atoms with van der Waals surface area (Å²) in [6.07, 6.45) is 7.07. The first-order chi connectivity index (χ1) is 17.7. The van der Waals surface area contributed by atoms with Crippen molar-refractivity contribution in [2.24, 2.45) is 0 Å². The highest BCUT2D eigenvalue weighted by Gasteiger charge is 2.35. The summed E-state index contributed by atoms with van der Waals surface area (Å²) in [5, 5.41) is 10.3. The summed E-state index contributed by atoms with van der Waals surface area (Å²) in [7, 11) is 6.21.